The van der Waals surface area contributed by atoms with Crippen molar-refractivity contribution in [3.05, 3.63) is 58.1 Å². The lowest BCUT2D eigenvalue weighted by molar-refractivity contribution is -0.140. The van der Waals surface area contributed by atoms with Crippen LogP contribution in [0, 0.1) is 0 Å². The largest absolute Gasteiger partial charge is 0.495 e. The average Bonchev–Trinajstić information content (AvgIpc) is 2.88. The van der Waals surface area contributed by atoms with Crippen molar-refractivity contribution in [2.24, 2.45) is 0 Å². The summed E-state index contributed by atoms with van der Waals surface area (Å²) in [5.41, 5.74) is 0.826. The predicted molar refractivity (Wildman–Crippen MR) is 151 cm³/mol. The van der Waals surface area contributed by atoms with E-state index in [1.54, 1.807) is 42.5 Å². The number of sulfonamides is 1. The number of carbonyl (C=O) groups is 2. The molecular weight excluding hydrogens is 549 g/mol. The molecule has 0 bridgehead atoms. The molecule has 1 N–H and O–H groups in total. The molecule has 0 aromatic heterocycles. The molecule has 0 spiro atoms. The van der Waals surface area contributed by atoms with Crippen LogP contribution in [-0.4, -0.2) is 57.1 Å². The first-order chi connectivity index (χ1) is 18.0. The smallest absolute Gasteiger partial charge is 0.244 e. The van der Waals surface area contributed by atoms with Crippen molar-refractivity contribution in [2.75, 3.05) is 24.2 Å². The predicted octanol–water partition coefficient (Wildman–Crippen LogP) is 5.02. The van der Waals surface area contributed by atoms with E-state index in [1.807, 2.05) is 6.92 Å². The van der Waals surface area contributed by atoms with E-state index in [2.05, 4.69) is 5.32 Å². The Morgan fingerprint density at radius 1 is 1.11 bits per heavy atom. The number of carbonyl (C=O) groups excluding carboxylic acids is 2. The first-order valence-corrected chi connectivity index (χ1v) is 15.3. The summed E-state index contributed by atoms with van der Waals surface area (Å²) in [5, 5.41) is 3.90. The maximum absolute atomic E-state index is 13.9. The van der Waals surface area contributed by atoms with Gasteiger partial charge in [-0.15, -0.1) is 0 Å². The van der Waals surface area contributed by atoms with Crippen LogP contribution >= 0.6 is 23.2 Å². The number of anilines is 1. The summed E-state index contributed by atoms with van der Waals surface area (Å²) in [6, 6.07) is 10.7. The van der Waals surface area contributed by atoms with Crippen LogP contribution in [0.25, 0.3) is 0 Å². The molecule has 38 heavy (non-hydrogen) atoms. The number of hydrogen-bond donors (Lipinski definition) is 1. The monoisotopic (exact) mass is 583 g/mol. The van der Waals surface area contributed by atoms with Crippen LogP contribution in [0.15, 0.2) is 42.5 Å². The third-order valence-electron chi connectivity index (χ3n) is 6.73. The Morgan fingerprint density at radius 3 is 2.39 bits per heavy atom. The minimum Gasteiger partial charge on any atom is -0.495 e. The maximum atomic E-state index is 13.9. The normalized spacial score (nSPS) is 15.0. The summed E-state index contributed by atoms with van der Waals surface area (Å²) >= 11 is 12.5. The van der Waals surface area contributed by atoms with Crippen molar-refractivity contribution in [3.63, 3.8) is 0 Å². The van der Waals surface area contributed by atoms with Crippen LogP contribution in [-0.2, 0) is 26.2 Å². The molecule has 8 nitrogen and oxygen atoms in total. The van der Waals surface area contributed by atoms with Crippen molar-refractivity contribution < 1.29 is 22.7 Å². The second-order valence-corrected chi connectivity index (χ2v) is 12.2. The highest BCUT2D eigenvalue weighted by Crippen LogP contribution is 2.30. The lowest BCUT2D eigenvalue weighted by Crippen LogP contribution is -2.54. The molecule has 3 rings (SSSR count). The summed E-state index contributed by atoms with van der Waals surface area (Å²) in [5.74, 6) is -0.501. The lowest BCUT2D eigenvalue weighted by Gasteiger charge is -2.34. The van der Waals surface area contributed by atoms with Crippen molar-refractivity contribution in [1.29, 1.82) is 0 Å². The third-order valence-corrected chi connectivity index (χ3v) is 8.44. The molecule has 2 aromatic carbocycles. The molecule has 1 saturated carbocycles. The van der Waals surface area contributed by atoms with E-state index in [0.29, 0.717) is 27.8 Å². The van der Waals surface area contributed by atoms with Gasteiger partial charge in [0.2, 0.25) is 21.8 Å². The Balaban J connectivity index is 1.96. The van der Waals surface area contributed by atoms with Crippen molar-refractivity contribution >= 4 is 50.7 Å². The zero-order valence-corrected chi connectivity index (χ0v) is 24.3. The molecule has 11 heteroatoms. The minimum absolute atomic E-state index is 0.00888. The number of nitrogens with zero attached hydrogens (tertiary/aromatic N) is 2. The van der Waals surface area contributed by atoms with E-state index in [-0.39, 0.29) is 24.2 Å². The number of amides is 2. The van der Waals surface area contributed by atoms with Gasteiger partial charge in [-0.05, 0) is 49.1 Å². The van der Waals surface area contributed by atoms with Gasteiger partial charge in [-0.2, -0.15) is 0 Å². The van der Waals surface area contributed by atoms with Crippen LogP contribution in [0.4, 0.5) is 5.69 Å². The Hall–Kier alpha value is -2.49. The Labute approximate surface area is 235 Å². The van der Waals surface area contributed by atoms with Crippen molar-refractivity contribution in [1.82, 2.24) is 10.2 Å². The number of methoxy groups -OCH3 is 1. The second-order valence-electron chi connectivity index (χ2n) is 9.47. The number of para-hydroxylation sites is 2. The summed E-state index contributed by atoms with van der Waals surface area (Å²) in [6.07, 6.45) is 6.40. The number of benzene rings is 2. The molecule has 1 aliphatic carbocycles. The highest BCUT2D eigenvalue weighted by molar-refractivity contribution is 7.92. The van der Waals surface area contributed by atoms with Gasteiger partial charge in [-0.1, -0.05) is 67.6 Å². The van der Waals surface area contributed by atoms with Crippen LogP contribution in [0.2, 0.25) is 10.0 Å². The highest BCUT2D eigenvalue weighted by atomic mass is 35.5. The number of rotatable bonds is 11. The summed E-state index contributed by atoms with van der Waals surface area (Å²) in [4.78, 5) is 28.7. The van der Waals surface area contributed by atoms with Gasteiger partial charge in [0.25, 0.3) is 0 Å². The van der Waals surface area contributed by atoms with Gasteiger partial charge in [-0.25, -0.2) is 8.42 Å². The van der Waals surface area contributed by atoms with E-state index in [4.69, 9.17) is 27.9 Å². The number of hydrogen-bond acceptors (Lipinski definition) is 5. The van der Waals surface area contributed by atoms with Crippen molar-refractivity contribution in [3.8, 4) is 5.75 Å². The van der Waals surface area contributed by atoms with Gasteiger partial charge in [0.15, 0.2) is 0 Å². The maximum Gasteiger partial charge on any atom is 0.244 e. The topological polar surface area (TPSA) is 96.0 Å². The zero-order chi connectivity index (χ0) is 27.9. The van der Waals surface area contributed by atoms with Gasteiger partial charge in [0, 0.05) is 22.6 Å². The van der Waals surface area contributed by atoms with Gasteiger partial charge >= 0.3 is 0 Å². The lowest BCUT2D eigenvalue weighted by atomic mass is 9.95. The fourth-order valence-electron chi connectivity index (χ4n) is 4.73. The molecule has 1 atom stereocenters. The minimum atomic E-state index is -3.88. The Morgan fingerprint density at radius 2 is 1.79 bits per heavy atom. The van der Waals surface area contributed by atoms with Crippen molar-refractivity contribution in [2.45, 2.75) is 64.1 Å². The summed E-state index contributed by atoms with van der Waals surface area (Å²) in [7, 11) is -2.45. The summed E-state index contributed by atoms with van der Waals surface area (Å²) < 4.78 is 32.0. The zero-order valence-electron chi connectivity index (χ0n) is 22.0. The van der Waals surface area contributed by atoms with Crippen LogP contribution in [0.1, 0.15) is 51.0 Å². The molecule has 0 heterocycles. The molecule has 1 aliphatic rings. The number of nitrogens with one attached hydrogen (secondary N) is 1. The van der Waals surface area contributed by atoms with E-state index in [9.17, 15) is 18.0 Å². The van der Waals surface area contributed by atoms with E-state index in [0.717, 1.165) is 42.7 Å². The first kappa shape index (κ1) is 30.1. The first-order valence-electron chi connectivity index (χ1n) is 12.7. The van der Waals surface area contributed by atoms with Gasteiger partial charge in [0.1, 0.15) is 18.3 Å². The molecule has 1 fully saturated rings. The van der Waals surface area contributed by atoms with Gasteiger partial charge in [-0.3, -0.25) is 13.9 Å². The van der Waals surface area contributed by atoms with E-state index >= 15 is 0 Å². The number of ether oxygens (including phenoxy) is 1. The van der Waals surface area contributed by atoms with E-state index in [1.165, 1.54) is 12.0 Å². The van der Waals surface area contributed by atoms with E-state index < -0.39 is 28.5 Å². The Bertz CT molecular complexity index is 1230. The molecule has 208 valence electrons. The Kier molecular flexibility index (Phi) is 10.7. The average molecular weight is 585 g/mol. The van der Waals surface area contributed by atoms with Gasteiger partial charge < -0.3 is 15.0 Å². The third kappa shape index (κ3) is 7.77. The quantitative estimate of drug-likeness (QED) is 0.400. The molecule has 2 amide bonds. The van der Waals surface area contributed by atoms with Crippen LogP contribution in [0.3, 0.4) is 0 Å². The molecule has 0 radical (unpaired) electrons. The van der Waals surface area contributed by atoms with Crippen LogP contribution in [0.5, 0.6) is 5.75 Å². The van der Waals surface area contributed by atoms with Crippen LogP contribution < -0.4 is 14.4 Å². The molecule has 0 aliphatic heterocycles. The molecule has 1 unspecified atom stereocenters. The fourth-order valence-corrected chi connectivity index (χ4v) is 6.05. The summed E-state index contributed by atoms with van der Waals surface area (Å²) in [6.45, 7) is 1.32. The molecule has 0 saturated heterocycles. The SMILES string of the molecule is CCC(C(=O)NC1CCCCC1)N(Cc1ccc(Cl)cc1Cl)C(=O)CN(c1ccccc1OC)S(C)(=O)=O. The highest BCUT2D eigenvalue weighted by Gasteiger charge is 2.33. The van der Waals surface area contributed by atoms with Gasteiger partial charge in [0.05, 0.1) is 19.1 Å². The molecular formula is C27H35Cl2N3O5S. The standard InChI is InChI=1S/C27H35Cl2N3O5S/c1-4-23(27(34)30-21-10-6-5-7-11-21)31(17-19-14-15-20(28)16-22(19)29)26(33)18-32(38(3,35)36)24-12-8-9-13-25(24)37-2/h8-9,12-16,21,23H,4-7,10-11,17-18H2,1-3H3,(H,30,34). The molecule has 2 aromatic rings. The fraction of sp³-hybridized carbons (Fsp3) is 0.481. The second kappa shape index (κ2) is 13.5. The number of halogens is 2.